The van der Waals surface area contributed by atoms with Crippen LogP contribution in [0.5, 0.6) is 0 Å². The van der Waals surface area contributed by atoms with Gasteiger partial charge in [-0.2, -0.15) is 4.58 Å². The molecule has 4 aromatic carbocycles. The molecule has 0 amide bonds. The number of carboxylic acids is 1. The lowest BCUT2D eigenvalue weighted by Gasteiger charge is -2.31. The van der Waals surface area contributed by atoms with E-state index < -0.39 is 76.9 Å². The molecule has 6 rings (SSSR count). The summed E-state index contributed by atoms with van der Waals surface area (Å²) in [5.41, 5.74) is 0.909. The number of anilines is 1. The molecule has 0 aliphatic carbocycles. The Labute approximate surface area is 395 Å². The highest BCUT2D eigenvalue weighted by Gasteiger charge is 2.47. The fourth-order valence-corrected chi connectivity index (χ4v) is 12.0. The Kier molecular flexibility index (Phi) is 15.5. The maximum absolute atomic E-state index is 12.7. The average Bonchev–Trinajstić information content (AvgIpc) is 3.61. The molecule has 19 nitrogen and oxygen atoms in total. The molecule has 0 spiro atoms. The van der Waals surface area contributed by atoms with E-state index in [1.807, 2.05) is 37.2 Å². The highest BCUT2D eigenvalue weighted by Crippen LogP contribution is 2.54. The number of aliphatic carboxylic acids is 1. The first kappa shape index (κ1) is 52.7. The van der Waals surface area contributed by atoms with Gasteiger partial charge in [-0.1, -0.05) is 18.6 Å². The minimum Gasteiger partial charge on any atom is -0.744 e. The summed E-state index contributed by atoms with van der Waals surface area (Å²) in [6, 6.07) is 9.21. The van der Waals surface area contributed by atoms with Crippen LogP contribution in [0, 0.1) is 0 Å². The Balaban J connectivity index is 1.55. The highest BCUT2D eigenvalue weighted by atomic mass is 32.2. The lowest BCUT2D eigenvalue weighted by molar-refractivity contribution is -0.433. The number of carboxylic acid groups (broad SMARTS) is 1. The van der Waals surface area contributed by atoms with Crippen molar-refractivity contribution < 1.29 is 80.6 Å². The van der Waals surface area contributed by atoms with Gasteiger partial charge in [0.25, 0.3) is 0 Å². The van der Waals surface area contributed by atoms with E-state index in [9.17, 15) is 61.8 Å². The molecule has 1 N–H and O–H groups in total. The zero-order valence-electron chi connectivity index (χ0n) is 37.8. The van der Waals surface area contributed by atoms with Gasteiger partial charge in [-0.15, -0.1) is 0 Å². The van der Waals surface area contributed by atoms with Crippen LogP contribution in [-0.2, 0) is 70.3 Å². The van der Waals surface area contributed by atoms with Crippen LogP contribution < -0.4 is 4.90 Å². The Morgan fingerprint density at radius 3 is 1.78 bits per heavy atom. The van der Waals surface area contributed by atoms with Gasteiger partial charge in [0, 0.05) is 66.6 Å². The van der Waals surface area contributed by atoms with Crippen molar-refractivity contribution in [2.75, 3.05) is 58.1 Å². The molecule has 2 aliphatic rings. The summed E-state index contributed by atoms with van der Waals surface area (Å²) in [4.78, 5) is 9.70. The van der Waals surface area contributed by atoms with Crippen LogP contribution in [0.25, 0.3) is 21.5 Å². The van der Waals surface area contributed by atoms with Gasteiger partial charge < -0.3 is 42.4 Å². The maximum atomic E-state index is 12.7. The topological polar surface area (TPSA) is 300 Å². The number of unbranched alkanes of at least 4 members (excludes halogenated alkanes) is 2. The van der Waals surface area contributed by atoms with E-state index in [0.717, 1.165) is 12.1 Å². The lowest BCUT2D eigenvalue weighted by Crippen LogP contribution is -2.31. The monoisotopic (exact) mass is 1020 g/mol. The lowest BCUT2D eigenvalue weighted by atomic mass is 9.76. The van der Waals surface area contributed by atoms with Crippen molar-refractivity contribution in [1.29, 1.82) is 0 Å². The molecular weight excluding hydrogens is 969 g/mol. The van der Waals surface area contributed by atoms with Gasteiger partial charge >= 0.3 is 5.97 Å². The largest absolute Gasteiger partial charge is 0.744 e. The fourth-order valence-electron chi connectivity index (χ4n) is 9.37. The van der Waals surface area contributed by atoms with Crippen LogP contribution in [0.2, 0.25) is 0 Å². The second-order valence-electron chi connectivity index (χ2n) is 17.1. The minimum absolute atomic E-state index is 0.0206. The van der Waals surface area contributed by atoms with Crippen molar-refractivity contribution in [1.82, 2.24) is 0 Å². The predicted molar refractivity (Wildman–Crippen MR) is 244 cm³/mol. The van der Waals surface area contributed by atoms with Gasteiger partial charge in [0.2, 0.25) is 5.69 Å². The number of allylic oxidation sites excluding steroid dienone is 4. The third-order valence-electron chi connectivity index (χ3n) is 12.4. The zero-order chi connectivity index (χ0) is 50.2. The maximum Gasteiger partial charge on any atom is 0.303 e. The normalized spacial score (nSPS) is 18.1. The van der Waals surface area contributed by atoms with Crippen LogP contribution in [0.4, 0.5) is 11.4 Å². The molecule has 1 atom stereocenters. The van der Waals surface area contributed by atoms with Crippen LogP contribution in [-0.4, -0.2) is 126 Å². The SMILES string of the molecule is CC[N+]1=C(/C=C/C=C2/N(CCCCCC(=O)O)c3ccc4c(S(=O)(=O)[O-])cc(S(=O)(=O)[O-])cc4c3C2(C)CCOCCOCCOC)C(C)(C)c2c1ccc1c(S(=O)(=O)[O-])cc(S(=O)(=O)[O-])cc21. The van der Waals surface area contributed by atoms with Gasteiger partial charge in [-0.3, -0.25) is 4.79 Å². The number of hydrogen-bond acceptors (Lipinski definition) is 17. The molecule has 2 aliphatic heterocycles. The standard InChI is InChI=1S/C45H54N2O17S4/c1-6-46-35-16-14-31-33(25-29(65(50,51)52)27-37(31)67(56,57)58)42(35)44(2,3)39(46)11-10-12-40-45(4,18-20-63-23-24-64-22-21-62-5)43-34-26-30(66(53,54)55)28-38(68(59,60)61)32(34)15-17-36(43)47(40)19-9-7-8-13-41(48)49/h10-12,14-17,25-28H,6-9,13,18-24H2,1-5H3,(H4-,48,49,50,51,52,53,54,55,56,57,58,59,60,61)/p-3. The van der Waals surface area contributed by atoms with Crippen molar-refractivity contribution in [3.05, 3.63) is 83.6 Å². The van der Waals surface area contributed by atoms with Crippen molar-refractivity contribution in [2.24, 2.45) is 0 Å². The summed E-state index contributed by atoms with van der Waals surface area (Å²) in [5.74, 6) is -0.964. The van der Waals surface area contributed by atoms with E-state index >= 15 is 0 Å². The second kappa shape index (κ2) is 20.0. The molecule has 68 heavy (non-hydrogen) atoms. The summed E-state index contributed by atoms with van der Waals surface area (Å²) >= 11 is 0. The average molecular weight is 1020 g/mol. The van der Waals surface area contributed by atoms with Crippen molar-refractivity contribution in [3.8, 4) is 0 Å². The smallest absolute Gasteiger partial charge is 0.303 e. The molecule has 4 aromatic rings. The molecule has 0 radical (unpaired) electrons. The van der Waals surface area contributed by atoms with E-state index in [1.54, 1.807) is 30.4 Å². The summed E-state index contributed by atoms with van der Waals surface area (Å²) in [5, 5.41) is 9.20. The number of ether oxygens (including phenoxy) is 3. The van der Waals surface area contributed by atoms with Gasteiger partial charge in [-0.25, -0.2) is 33.7 Å². The van der Waals surface area contributed by atoms with Crippen LogP contribution in [0.1, 0.15) is 70.9 Å². The van der Waals surface area contributed by atoms with Crippen LogP contribution >= 0.6 is 0 Å². The van der Waals surface area contributed by atoms with E-state index in [2.05, 4.69) is 0 Å². The van der Waals surface area contributed by atoms with Crippen LogP contribution in [0.3, 0.4) is 0 Å². The molecule has 0 aromatic heterocycles. The molecule has 0 bridgehead atoms. The second-order valence-corrected chi connectivity index (χ2v) is 22.5. The number of hydrogen-bond donors (Lipinski definition) is 1. The van der Waals surface area contributed by atoms with E-state index in [-0.39, 0.29) is 60.8 Å². The summed E-state index contributed by atoms with van der Waals surface area (Å²) in [7, 11) is -19.6. The van der Waals surface area contributed by atoms with Gasteiger partial charge in [-0.05, 0) is 111 Å². The molecule has 1 unspecified atom stereocenters. The van der Waals surface area contributed by atoms with Crippen LogP contribution in [0.15, 0.2) is 92.0 Å². The van der Waals surface area contributed by atoms with Gasteiger partial charge in [0.05, 0.1) is 51.4 Å². The Hall–Kier alpha value is -4.66. The molecule has 23 heteroatoms. The Bertz CT molecular complexity index is 3220. The first-order valence-corrected chi connectivity index (χ1v) is 27.0. The fraction of sp³-hybridized carbons (Fsp3) is 0.422. The number of rotatable bonds is 22. The van der Waals surface area contributed by atoms with E-state index in [4.69, 9.17) is 14.2 Å². The first-order chi connectivity index (χ1) is 31.7. The quantitative estimate of drug-likeness (QED) is 0.0619. The Morgan fingerprint density at radius 2 is 1.25 bits per heavy atom. The number of carbonyl (C=O) groups is 1. The predicted octanol–water partition coefficient (Wildman–Crippen LogP) is 4.94. The first-order valence-electron chi connectivity index (χ1n) is 21.4. The Morgan fingerprint density at radius 1 is 0.706 bits per heavy atom. The van der Waals surface area contributed by atoms with E-state index in [0.29, 0.717) is 85.1 Å². The molecule has 0 fully saturated rings. The third-order valence-corrected chi connectivity index (χ3v) is 15.8. The number of methoxy groups -OCH3 is 1. The number of fused-ring (bicyclic) bond motifs is 6. The third kappa shape index (κ3) is 10.7. The molecule has 0 saturated carbocycles. The van der Waals surface area contributed by atoms with Gasteiger partial charge in [0.15, 0.2) is 5.71 Å². The summed E-state index contributed by atoms with van der Waals surface area (Å²) < 4.78 is 168. The summed E-state index contributed by atoms with van der Waals surface area (Å²) in [6.45, 7) is 9.10. The van der Waals surface area contributed by atoms with E-state index in [1.165, 1.54) is 19.2 Å². The van der Waals surface area contributed by atoms with Crippen molar-refractivity contribution >= 4 is 85.1 Å². The highest BCUT2D eigenvalue weighted by molar-refractivity contribution is 7.87. The molecule has 2 heterocycles. The molecule has 0 saturated heterocycles. The number of benzene rings is 4. The summed E-state index contributed by atoms with van der Waals surface area (Å²) in [6.07, 6.45) is 6.73. The minimum atomic E-state index is -5.34. The van der Waals surface area contributed by atoms with Crippen molar-refractivity contribution in [2.45, 2.75) is 90.2 Å². The number of nitrogens with zero attached hydrogens (tertiary/aromatic N) is 2. The molecular formula is C45H51N2O17S4-3. The zero-order valence-corrected chi connectivity index (χ0v) is 41.1. The van der Waals surface area contributed by atoms with Crippen molar-refractivity contribution in [3.63, 3.8) is 0 Å². The molecule has 370 valence electrons. The van der Waals surface area contributed by atoms with Gasteiger partial charge in [0.1, 0.15) is 47.0 Å².